The maximum atomic E-state index is 9.94. The SMILES string of the molecule is Cn1ncc(Br)c1C(O)c1csnn1. The Balaban J connectivity index is 2.41. The highest BCUT2D eigenvalue weighted by Gasteiger charge is 2.19. The van der Waals surface area contributed by atoms with Gasteiger partial charge in [-0.2, -0.15) is 5.10 Å². The van der Waals surface area contributed by atoms with Crippen molar-refractivity contribution < 1.29 is 5.11 Å². The van der Waals surface area contributed by atoms with Crippen molar-refractivity contribution in [3.05, 3.63) is 27.4 Å². The topological polar surface area (TPSA) is 63.8 Å². The molecule has 0 aromatic carbocycles. The van der Waals surface area contributed by atoms with Crippen LogP contribution < -0.4 is 0 Å². The average molecular weight is 275 g/mol. The van der Waals surface area contributed by atoms with Gasteiger partial charge in [0.15, 0.2) is 0 Å². The number of aliphatic hydroxyl groups excluding tert-OH is 1. The summed E-state index contributed by atoms with van der Waals surface area (Å²) in [5, 5.41) is 19.5. The first-order valence-electron chi connectivity index (χ1n) is 3.82. The highest BCUT2D eigenvalue weighted by Crippen LogP contribution is 2.26. The second-order valence-electron chi connectivity index (χ2n) is 2.73. The van der Waals surface area contributed by atoms with E-state index in [4.69, 9.17) is 0 Å². The van der Waals surface area contributed by atoms with Crippen LogP contribution in [0.15, 0.2) is 16.0 Å². The Bertz CT molecular complexity index is 407. The molecular weight excluding hydrogens is 268 g/mol. The van der Waals surface area contributed by atoms with Crippen LogP contribution in [0.2, 0.25) is 0 Å². The van der Waals surface area contributed by atoms with Gasteiger partial charge in [-0.1, -0.05) is 4.49 Å². The summed E-state index contributed by atoms with van der Waals surface area (Å²) in [6.45, 7) is 0. The maximum absolute atomic E-state index is 9.94. The molecule has 74 valence electrons. The van der Waals surface area contributed by atoms with Gasteiger partial charge in [0, 0.05) is 12.4 Å². The number of halogens is 1. The molecule has 0 saturated carbocycles. The molecule has 2 aromatic rings. The van der Waals surface area contributed by atoms with E-state index in [9.17, 15) is 5.11 Å². The number of nitrogens with zero attached hydrogens (tertiary/aromatic N) is 4. The van der Waals surface area contributed by atoms with Gasteiger partial charge in [0.1, 0.15) is 11.8 Å². The zero-order valence-electron chi connectivity index (χ0n) is 7.25. The molecule has 0 spiro atoms. The van der Waals surface area contributed by atoms with Crippen molar-refractivity contribution in [2.24, 2.45) is 7.05 Å². The fourth-order valence-electron chi connectivity index (χ4n) is 1.16. The lowest BCUT2D eigenvalue weighted by molar-refractivity contribution is 0.204. The molecule has 2 heterocycles. The Hall–Kier alpha value is -0.790. The Kier molecular flexibility index (Phi) is 2.62. The number of hydrogen-bond donors (Lipinski definition) is 1. The maximum Gasteiger partial charge on any atom is 0.141 e. The Morgan fingerprint density at radius 3 is 2.93 bits per heavy atom. The van der Waals surface area contributed by atoms with E-state index < -0.39 is 6.10 Å². The van der Waals surface area contributed by atoms with E-state index in [1.807, 2.05) is 0 Å². The molecule has 14 heavy (non-hydrogen) atoms. The molecule has 1 N–H and O–H groups in total. The van der Waals surface area contributed by atoms with Gasteiger partial charge in [-0.05, 0) is 27.5 Å². The Morgan fingerprint density at radius 2 is 2.43 bits per heavy atom. The van der Waals surface area contributed by atoms with Crippen molar-refractivity contribution >= 4 is 27.5 Å². The number of rotatable bonds is 2. The minimum atomic E-state index is -0.782. The molecule has 5 nitrogen and oxygen atoms in total. The molecule has 7 heteroatoms. The molecule has 0 fully saturated rings. The summed E-state index contributed by atoms with van der Waals surface area (Å²) in [7, 11) is 1.77. The van der Waals surface area contributed by atoms with Crippen molar-refractivity contribution in [2.45, 2.75) is 6.10 Å². The largest absolute Gasteiger partial charge is 0.380 e. The van der Waals surface area contributed by atoms with Crippen molar-refractivity contribution in [3.8, 4) is 0 Å². The average Bonchev–Trinajstić information content (AvgIpc) is 2.75. The second-order valence-corrected chi connectivity index (χ2v) is 4.20. The molecule has 0 bridgehead atoms. The van der Waals surface area contributed by atoms with Crippen LogP contribution in [0.1, 0.15) is 17.5 Å². The molecule has 2 aromatic heterocycles. The van der Waals surface area contributed by atoms with Gasteiger partial charge < -0.3 is 5.11 Å². The van der Waals surface area contributed by atoms with Crippen LogP contribution in [0.3, 0.4) is 0 Å². The third-order valence-corrected chi connectivity index (χ3v) is 2.99. The standard InChI is InChI=1S/C7H7BrN4OS/c1-12-6(4(8)2-9-12)7(13)5-3-14-11-10-5/h2-3,7,13H,1H3. The summed E-state index contributed by atoms with van der Waals surface area (Å²) in [5.41, 5.74) is 1.22. The third kappa shape index (κ3) is 1.58. The van der Waals surface area contributed by atoms with Gasteiger partial charge in [0.05, 0.1) is 16.4 Å². The molecule has 0 saturated heterocycles. The fourth-order valence-corrected chi connectivity index (χ4v) is 2.20. The number of hydrogen-bond acceptors (Lipinski definition) is 5. The molecule has 1 atom stereocenters. The zero-order chi connectivity index (χ0) is 10.1. The predicted molar refractivity (Wildman–Crippen MR) is 54.9 cm³/mol. The second kappa shape index (κ2) is 3.76. The van der Waals surface area contributed by atoms with E-state index in [1.165, 1.54) is 11.5 Å². The van der Waals surface area contributed by atoms with E-state index in [0.29, 0.717) is 11.4 Å². The fraction of sp³-hybridized carbons (Fsp3) is 0.286. The summed E-state index contributed by atoms with van der Waals surface area (Å²) >= 11 is 4.53. The lowest BCUT2D eigenvalue weighted by Crippen LogP contribution is -2.07. The van der Waals surface area contributed by atoms with Crippen LogP contribution in [-0.4, -0.2) is 24.5 Å². The molecule has 0 aliphatic carbocycles. The number of aliphatic hydroxyl groups is 1. The van der Waals surface area contributed by atoms with Crippen molar-refractivity contribution in [1.29, 1.82) is 0 Å². The molecule has 2 rings (SSSR count). The molecule has 0 aliphatic rings. The molecule has 1 unspecified atom stereocenters. The minimum Gasteiger partial charge on any atom is -0.380 e. The van der Waals surface area contributed by atoms with Gasteiger partial charge in [0.25, 0.3) is 0 Å². The minimum absolute atomic E-state index is 0.541. The highest BCUT2D eigenvalue weighted by molar-refractivity contribution is 9.10. The Labute approximate surface area is 92.7 Å². The van der Waals surface area contributed by atoms with Crippen LogP contribution >= 0.6 is 27.5 Å². The van der Waals surface area contributed by atoms with Gasteiger partial charge in [0.2, 0.25) is 0 Å². The van der Waals surface area contributed by atoms with Crippen LogP contribution in [0.5, 0.6) is 0 Å². The predicted octanol–water partition coefficient (Wildman–Crippen LogP) is 1.12. The zero-order valence-corrected chi connectivity index (χ0v) is 9.66. The number of aryl methyl sites for hydroxylation is 1. The van der Waals surface area contributed by atoms with Crippen LogP contribution in [0, 0.1) is 0 Å². The van der Waals surface area contributed by atoms with E-state index in [0.717, 1.165) is 4.47 Å². The Morgan fingerprint density at radius 1 is 1.64 bits per heavy atom. The summed E-state index contributed by atoms with van der Waals surface area (Å²) < 4.78 is 6.07. The van der Waals surface area contributed by atoms with Crippen molar-refractivity contribution in [3.63, 3.8) is 0 Å². The van der Waals surface area contributed by atoms with Crippen LogP contribution in [-0.2, 0) is 7.05 Å². The lowest BCUT2D eigenvalue weighted by atomic mass is 10.2. The van der Waals surface area contributed by atoms with Crippen molar-refractivity contribution in [2.75, 3.05) is 0 Å². The summed E-state index contributed by atoms with van der Waals surface area (Å²) in [6, 6.07) is 0. The summed E-state index contributed by atoms with van der Waals surface area (Å²) in [4.78, 5) is 0. The van der Waals surface area contributed by atoms with E-state index in [1.54, 1.807) is 23.3 Å². The summed E-state index contributed by atoms with van der Waals surface area (Å²) in [5.74, 6) is 0. The first-order valence-corrected chi connectivity index (χ1v) is 5.45. The molecule has 0 radical (unpaired) electrons. The molecule has 0 amide bonds. The normalized spacial score (nSPS) is 13.1. The highest BCUT2D eigenvalue weighted by atomic mass is 79.9. The monoisotopic (exact) mass is 274 g/mol. The van der Waals surface area contributed by atoms with Crippen LogP contribution in [0.25, 0.3) is 0 Å². The summed E-state index contributed by atoms with van der Waals surface area (Å²) in [6.07, 6.45) is 0.855. The first-order chi connectivity index (χ1) is 6.70. The smallest absolute Gasteiger partial charge is 0.141 e. The van der Waals surface area contributed by atoms with E-state index in [2.05, 4.69) is 30.6 Å². The first kappa shape index (κ1) is 9.75. The van der Waals surface area contributed by atoms with E-state index >= 15 is 0 Å². The van der Waals surface area contributed by atoms with Gasteiger partial charge >= 0.3 is 0 Å². The lowest BCUT2D eigenvalue weighted by Gasteiger charge is -2.08. The quantitative estimate of drug-likeness (QED) is 0.892. The van der Waals surface area contributed by atoms with Gasteiger partial charge in [-0.25, -0.2) is 0 Å². The van der Waals surface area contributed by atoms with Gasteiger partial charge in [-0.15, -0.1) is 5.10 Å². The molecule has 0 aliphatic heterocycles. The van der Waals surface area contributed by atoms with E-state index in [-0.39, 0.29) is 0 Å². The van der Waals surface area contributed by atoms with Crippen LogP contribution in [0.4, 0.5) is 0 Å². The van der Waals surface area contributed by atoms with Gasteiger partial charge in [-0.3, -0.25) is 4.68 Å². The third-order valence-electron chi connectivity index (χ3n) is 1.85. The number of aromatic nitrogens is 4. The molecular formula is C7H7BrN4OS. The van der Waals surface area contributed by atoms with Crippen molar-refractivity contribution in [1.82, 2.24) is 19.4 Å².